The molecule has 4 aromatic rings. The molecule has 2 heterocycles. The van der Waals surface area contributed by atoms with Crippen LogP contribution in [0.3, 0.4) is 0 Å². The number of nitrogens with zero attached hydrogens (tertiary/aromatic N) is 4. The average Bonchev–Trinajstić information content (AvgIpc) is 3.07. The highest BCUT2D eigenvalue weighted by Crippen LogP contribution is 2.29. The fourth-order valence-corrected chi connectivity index (χ4v) is 5.82. The lowest BCUT2D eigenvalue weighted by atomic mass is 9.86. The highest BCUT2D eigenvalue weighted by molar-refractivity contribution is 6.05. The van der Waals surface area contributed by atoms with Gasteiger partial charge in [-0.25, -0.2) is 4.98 Å². The largest absolute Gasteiger partial charge is 0.336 e. The summed E-state index contributed by atoms with van der Waals surface area (Å²) >= 11 is 0. The summed E-state index contributed by atoms with van der Waals surface area (Å²) < 4.78 is 1.49. The molecule has 0 saturated carbocycles. The van der Waals surface area contributed by atoms with E-state index in [1.54, 1.807) is 37.5 Å². The summed E-state index contributed by atoms with van der Waals surface area (Å²) in [4.78, 5) is 48.4. The van der Waals surface area contributed by atoms with Crippen molar-refractivity contribution in [2.75, 3.05) is 36.8 Å². The summed E-state index contributed by atoms with van der Waals surface area (Å²) in [6.07, 6.45) is 2.79. The van der Waals surface area contributed by atoms with Crippen LogP contribution in [0.25, 0.3) is 11.3 Å². The summed E-state index contributed by atoms with van der Waals surface area (Å²) in [5.74, 6) is -0.0180. The maximum Gasteiger partial charge on any atom is 0.293 e. The third-order valence-electron chi connectivity index (χ3n) is 9.15. The molecule has 1 unspecified atom stereocenters. The van der Waals surface area contributed by atoms with Crippen molar-refractivity contribution >= 4 is 29.0 Å². The predicted molar refractivity (Wildman–Crippen MR) is 190 cm³/mol. The molecular weight excluding hydrogens is 588 g/mol. The van der Waals surface area contributed by atoms with Crippen LogP contribution < -0.4 is 16.2 Å². The Labute approximate surface area is 277 Å². The Balaban J connectivity index is 1.30. The number of hydrogen-bond donors (Lipinski definition) is 2. The van der Waals surface area contributed by atoms with E-state index in [0.29, 0.717) is 47.3 Å². The van der Waals surface area contributed by atoms with Gasteiger partial charge < -0.3 is 20.1 Å². The van der Waals surface area contributed by atoms with E-state index >= 15 is 0 Å². The third-order valence-corrected chi connectivity index (χ3v) is 9.15. The van der Waals surface area contributed by atoms with E-state index < -0.39 is 0 Å². The maximum absolute atomic E-state index is 13.2. The van der Waals surface area contributed by atoms with Crippen LogP contribution in [0.2, 0.25) is 0 Å². The zero-order valence-corrected chi connectivity index (χ0v) is 28.6. The summed E-state index contributed by atoms with van der Waals surface area (Å²) in [6, 6.07) is 21.0. The van der Waals surface area contributed by atoms with Gasteiger partial charge in [0.2, 0.25) is 0 Å². The first-order valence-electron chi connectivity index (χ1n) is 16.4. The number of piperazine rings is 1. The molecule has 0 spiro atoms. The number of hydrogen-bond acceptors (Lipinski definition) is 6. The molecule has 1 saturated heterocycles. The van der Waals surface area contributed by atoms with Crippen LogP contribution >= 0.6 is 0 Å². The number of aryl methyl sites for hydroxylation is 1. The van der Waals surface area contributed by atoms with Gasteiger partial charge in [0.05, 0.1) is 5.69 Å². The van der Waals surface area contributed by atoms with Crippen LogP contribution in [0.1, 0.15) is 72.9 Å². The van der Waals surface area contributed by atoms with Crippen molar-refractivity contribution in [1.82, 2.24) is 19.4 Å². The first-order valence-corrected chi connectivity index (χ1v) is 16.4. The molecular formula is C38H46N6O3. The van der Waals surface area contributed by atoms with Crippen LogP contribution in [-0.4, -0.2) is 63.4 Å². The van der Waals surface area contributed by atoms with Gasteiger partial charge in [-0.2, -0.15) is 0 Å². The van der Waals surface area contributed by atoms with Gasteiger partial charge in [-0.05, 0) is 79.3 Å². The minimum absolute atomic E-state index is 0.00192. The van der Waals surface area contributed by atoms with E-state index in [9.17, 15) is 14.4 Å². The molecule has 1 atom stereocenters. The van der Waals surface area contributed by atoms with Crippen LogP contribution in [0, 0.1) is 6.92 Å². The topological polar surface area (TPSA) is 99.6 Å². The number of anilines is 3. The predicted octanol–water partition coefficient (Wildman–Crippen LogP) is 6.61. The fraction of sp³-hybridized carbons (Fsp3) is 0.368. The second kappa shape index (κ2) is 13.9. The Kier molecular flexibility index (Phi) is 9.96. The zero-order chi connectivity index (χ0) is 33.9. The highest BCUT2D eigenvalue weighted by atomic mass is 16.2. The number of carbonyl (C=O) groups is 2. The van der Waals surface area contributed by atoms with Crippen LogP contribution in [0.15, 0.2) is 77.7 Å². The van der Waals surface area contributed by atoms with Gasteiger partial charge in [0, 0.05) is 73.5 Å². The first kappa shape index (κ1) is 33.6. The first-order chi connectivity index (χ1) is 22.3. The smallest absolute Gasteiger partial charge is 0.293 e. The Morgan fingerprint density at radius 1 is 0.915 bits per heavy atom. The molecule has 1 fully saturated rings. The minimum Gasteiger partial charge on any atom is -0.336 e. The molecule has 1 aliphatic rings. The number of nitrogens with one attached hydrogen (secondary N) is 2. The molecule has 47 heavy (non-hydrogen) atoms. The molecule has 1 aromatic heterocycles. The van der Waals surface area contributed by atoms with Crippen LogP contribution in [0.5, 0.6) is 0 Å². The molecule has 0 radical (unpaired) electrons. The second-order valence-electron chi connectivity index (χ2n) is 13.4. The summed E-state index contributed by atoms with van der Waals surface area (Å²) in [5, 5.41) is 6.19. The van der Waals surface area contributed by atoms with Crippen molar-refractivity contribution in [2.45, 2.75) is 59.4 Å². The number of rotatable bonds is 8. The number of carbonyl (C=O) groups excluding carboxylic acids is 2. The lowest BCUT2D eigenvalue weighted by molar-refractivity contribution is 0.0579. The van der Waals surface area contributed by atoms with Crippen molar-refractivity contribution in [3.05, 3.63) is 106 Å². The van der Waals surface area contributed by atoms with Gasteiger partial charge >= 0.3 is 0 Å². The van der Waals surface area contributed by atoms with E-state index in [-0.39, 0.29) is 28.6 Å². The van der Waals surface area contributed by atoms with E-state index in [2.05, 4.69) is 50.2 Å². The molecule has 2 N–H and O–H groups in total. The summed E-state index contributed by atoms with van der Waals surface area (Å²) in [7, 11) is 1.68. The molecule has 1 aliphatic heterocycles. The molecule has 9 nitrogen and oxygen atoms in total. The van der Waals surface area contributed by atoms with Gasteiger partial charge in [-0.1, -0.05) is 52.0 Å². The Morgan fingerprint density at radius 2 is 1.55 bits per heavy atom. The average molecular weight is 635 g/mol. The number of benzene rings is 3. The molecule has 246 valence electrons. The third kappa shape index (κ3) is 7.63. The zero-order valence-electron chi connectivity index (χ0n) is 28.6. The highest BCUT2D eigenvalue weighted by Gasteiger charge is 2.24. The van der Waals surface area contributed by atoms with Crippen molar-refractivity contribution in [3.8, 4) is 11.3 Å². The maximum atomic E-state index is 13.2. The van der Waals surface area contributed by atoms with Gasteiger partial charge in [-0.15, -0.1) is 0 Å². The van der Waals surface area contributed by atoms with E-state index in [1.165, 1.54) is 4.57 Å². The van der Waals surface area contributed by atoms with Gasteiger partial charge in [0.15, 0.2) is 5.82 Å². The monoisotopic (exact) mass is 634 g/mol. The fourth-order valence-electron chi connectivity index (χ4n) is 5.82. The van der Waals surface area contributed by atoms with Gasteiger partial charge in [0.1, 0.15) is 0 Å². The standard InChI is InChI=1S/C38H46N6O3/c1-8-25(2)43-20-22-44(23-21-43)36(46)28-14-18-30(19-15-28)39-34-37(47)42(7)24-33(40-34)31-10-9-11-32(26(31)3)41-35(45)27-12-16-29(17-13-27)38(4,5)6/h9-19,24-25H,8,20-23H2,1-7H3,(H,39,40)(H,41,45). The van der Waals surface area contributed by atoms with Crippen molar-refractivity contribution in [3.63, 3.8) is 0 Å². The van der Waals surface area contributed by atoms with Gasteiger partial charge in [0.25, 0.3) is 17.4 Å². The Bertz CT molecular complexity index is 1800. The van der Waals surface area contributed by atoms with Crippen molar-refractivity contribution in [1.29, 1.82) is 0 Å². The van der Waals surface area contributed by atoms with Crippen molar-refractivity contribution < 1.29 is 9.59 Å². The molecule has 0 bridgehead atoms. The Morgan fingerprint density at radius 3 is 2.17 bits per heavy atom. The molecule has 2 amide bonds. The Hall–Kier alpha value is -4.76. The molecule has 9 heteroatoms. The summed E-state index contributed by atoms with van der Waals surface area (Å²) in [5.41, 5.74) is 5.59. The quantitative estimate of drug-likeness (QED) is 0.227. The van der Waals surface area contributed by atoms with E-state index in [0.717, 1.165) is 36.2 Å². The van der Waals surface area contributed by atoms with E-state index in [1.807, 2.05) is 54.3 Å². The number of amides is 2. The SMILES string of the molecule is CCC(C)N1CCN(C(=O)c2ccc(Nc3nc(-c4cccc(NC(=O)c5ccc(C(C)(C)C)cc5)c4C)cn(C)c3=O)cc2)CC1. The summed E-state index contributed by atoms with van der Waals surface area (Å²) in [6.45, 7) is 16.0. The molecule has 3 aromatic carbocycles. The lowest BCUT2D eigenvalue weighted by Crippen LogP contribution is -2.51. The van der Waals surface area contributed by atoms with E-state index in [4.69, 9.17) is 4.98 Å². The minimum atomic E-state index is -0.283. The lowest BCUT2D eigenvalue weighted by Gasteiger charge is -2.37. The van der Waals surface area contributed by atoms with Crippen molar-refractivity contribution in [2.24, 2.45) is 7.05 Å². The van der Waals surface area contributed by atoms with Crippen LogP contribution in [-0.2, 0) is 12.5 Å². The number of aromatic nitrogens is 2. The van der Waals surface area contributed by atoms with Crippen LogP contribution in [0.4, 0.5) is 17.2 Å². The normalized spacial score (nSPS) is 14.5. The molecule has 5 rings (SSSR count). The second-order valence-corrected chi connectivity index (χ2v) is 13.4. The van der Waals surface area contributed by atoms with Gasteiger partial charge in [-0.3, -0.25) is 19.3 Å². The molecule has 0 aliphatic carbocycles.